The zero-order valence-electron chi connectivity index (χ0n) is 22.2. The number of benzene rings is 3. The van der Waals surface area contributed by atoms with Gasteiger partial charge in [-0.05, 0) is 72.2 Å². The van der Waals surface area contributed by atoms with E-state index in [0.717, 1.165) is 30.4 Å². The molecule has 1 aromatic heterocycles. The standard InChI is InChI=1S/C31H31F2N3O4/c1-2-23(20-8-4-3-5-9-20)29(24-13-12-22(19-26(24)32)39-17-15-34-31(37)38)21-11-14-27-25(18-21)30(33)35-36(27)28-10-6-7-16-40-28/h3-5,8-9,11-14,18-19,28,34H,2,6-7,10,15-17H2,1H3,(H,37,38). The van der Waals surface area contributed by atoms with Crippen molar-refractivity contribution in [1.29, 1.82) is 0 Å². The third-order valence-corrected chi connectivity index (χ3v) is 7.01. The Bertz CT molecular complexity index is 1530. The minimum absolute atomic E-state index is 0.0582. The Morgan fingerprint density at radius 3 is 2.62 bits per heavy atom. The van der Waals surface area contributed by atoms with Crippen molar-refractivity contribution in [1.82, 2.24) is 15.1 Å². The van der Waals surface area contributed by atoms with Gasteiger partial charge in [0, 0.05) is 18.2 Å². The molecule has 208 valence electrons. The van der Waals surface area contributed by atoms with Crippen molar-refractivity contribution in [2.45, 2.75) is 38.8 Å². The number of fused-ring (bicyclic) bond motifs is 1. The molecule has 1 unspecified atom stereocenters. The number of hydrogen-bond donors (Lipinski definition) is 2. The van der Waals surface area contributed by atoms with Gasteiger partial charge in [0.15, 0.2) is 6.23 Å². The maximum atomic E-state index is 15.7. The van der Waals surface area contributed by atoms with Crippen molar-refractivity contribution in [2.75, 3.05) is 19.8 Å². The van der Waals surface area contributed by atoms with Gasteiger partial charge < -0.3 is 19.9 Å². The fourth-order valence-corrected chi connectivity index (χ4v) is 5.17. The molecule has 2 N–H and O–H groups in total. The summed E-state index contributed by atoms with van der Waals surface area (Å²) < 4.78 is 43.9. The van der Waals surface area contributed by atoms with Crippen LogP contribution in [0.25, 0.3) is 22.0 Å². The third-order valence-electron chi connectivity index (χ3n) is 7.01. The first-order valence-electron chi connectivity index (χ1n) is 13.4. The summed E-state index contributed by atoms with van der Waals surface area (Å²) in [6.45, 7) is 2.75. The smallest absolute Gasteiger partial charge is 0.404 e. The van der Waals surface area contributed by atoms with E-state index < -0.39 is 17.9 Å². The summed E-state index contributed by atoms with van der Waals surface area (Å²) in [5, 5.41) is 15.4. The lowest BCUT2D eigenvalue weighted by Crippen LogP contribution is -2.26. The summed E-state index contributed by atoms with van der Waals surface area (Å²) in [4.78, 5) is 10.6. The van der Waals surface area contributed by atoms with Gasteiger partial charge in [-0.15, -0.1) is 5.10 Å². The number of nitrogens with one attached hydrogen (secondary N) is 1. The lowest BCUT2D eigenvalue weighted by Gasteiger charge is -2.23. The monoisotopic (exact) mass is 547 g/mol. The summed E-state index contributed by atoms with van der Waals surface area (Å²) in [5.74, 6) is -0.824. The number of halogens is 2. The van der Waals surface area contributed by atoms with Gasteiger partial charge in [-0.25, -0.2) is 13.9 Å². The average molecular weight is 548 g/mol. The van der Waals surface area contributed by atoms with E-state index in [1.54, 1.807) is 22.9 Å². The average Bonchev–Trinajstić information content (AvgIpc) is 3.31. The number of nitrogens with zero attached hydrogens (tertiary/aromatic N) is 2. The first kappa shape index (κ1) is 27.3. The highest BCUT2D eigenvalue weighted by Crippen LogP contribution is 2.38. The molecule has 5 rings (SSSR count). The Morgan fingerprint density at radius 1 is 1.10 bits per heavy atom. The molecule has 0 radical (unpaired) electrons. The van der Waals surface area contributed by atoms with Gasteiger partial charge in [-0.3, -0.25) is 0 Å². The number of ether oxygens (including phenoxy) is 2. The molecule has 1 atom stereocenters. The molecular formula is C31H31F2N3O4. The molecule has 9 heteroatoms. The minimum atomic E-state index is -1.15. The van der Waals surface area contributed by atoms with E-state index in [1.165, 1.54) is 6.07 Å². The van der Waals surface area contributed by atoms with Crippen LogP contribution >= 0.6 is 0 Å². The molecule has 7 nitrogen and oxygen atoms in total. The first-order valence-corrected chi connectivity index (χ1v) is 13.4. The van der Waals surface area contributed by atoms with E-state index >= 15 is 8.78 Å². The van der Waals surface area contributed by atoms with Crippen molar-refractivity contribution >= 4 is 28.1 Å². The van der Waals surface area contributed by atoms with Crippen LogP contribution in [0.4, 0.5) is 13.6 Å². The molecule has 0 spiro atoms. The summed E-state index contributed by atoms with van der Waals surface area (Å²) in [6, 6.07) is 19.7. The quantitative estimate of drug-likeness (QED) is 0.174. The van der Waals surface area contributed by atoms with Gasteiger partial charge in [0.1, 0.15) is 18.2 Å². The van der Waals surface area contributed by atoms with E-state index in [4.69, 9.17) is 14.6 Å². The van der Waals surface area contributed by atoms with Crippen LogP contribution in [-0.2, 0) is 4.74 Å². The molecule has 3 aromatic carbocycles. The van der Waals surface area contributed by atoms with E-state index in [-0.39, 0.29) is 25.1 Å². The molecule has 0 bridgehead atoms. The predicted molar refractivity (Wildman–Crippen MR) is 149 cm³/mol. The van der Waals surface area contributed by atoms with Gasteiger partial charge >= 0.3 is 6.09 Å². The van der Waals surface area contributed by atoms with Gasteiger partial charge in [-0.2, -0.15) is 4.39 Å². The highest BCUT2D eigenvalue weighted by Gasteiger charge is 2.23. The summed E-state index contributed by atoms with van der Waals surface area (Å²) in [7, 11) is 0. The SMILES string of the molecule is CCC(=C(c1ccc2c(c1)c(F)nn2C1CCCCO1)c1ccc(OCCNC(=O)O)cc1F)c1ccccc1. The second-order valence-corrected chi connectivity index (χ2v) is 9.58. The molecule has 4 aromatic rings. The second-order valence-electron chi connectivity index (χ2n) is 9.58. The summed E-state index contributed by atoms with van der Waals surface area (Å²) >= 11 is 0. The fourth-order valence-electron chi connectivity index (χ4n) is 5.17. The number of rotatable bonds is 9. The highest BCUT2D eigenvalue weighted by molar-refractivity contribution is 6.00. The van der Waals surface area contributed by atoms with Crippen LogP contribution in [0.1, 0.15) is 55.5 Å². The highest BCUT2D eigenvalue weighted by atomic mass is 19.1. The zero-order valence-corrected chi connectivity index (χ0v) is 22.2. The molecule has 1 fully saturated rings. The van der Waals surface area contributed by atoms with Gasteiger partial charge in [0.2, 0.25) is 5.95 Å². The van der Waals surface area contributed by atoms with Gasteiger partial charge in [0.05, 0.1) is 17.4 Å². The van der Waals surface area contributed by atoms with E-state index in [1.807, 2.05) is 49.4 Å². The Labute approximate surface area is 231 Å². The Hall–Kier alpha value is -4.24. The van der Waals surface area contributed by atoms with Crippen molar-refractivity contribution in [3.63, 3.8) is 0 Å². The maximum Gasteiger partial charge on any atom is 0.404 e. The number of amides is 1. The molecule has 1 saturated heterocycles. The molecule has 1 aliphatic heterocycles. The number of allylic oxidation sites excluding steroid dienone is 1. The van der Waals surface area contributed by atoms with Crippen molar-refractivity contribution in [3.05, 3.63) is 95.2 Å². The zero-order chi connectivity index (χ0) is 28.1. The molecule has 40 heavy (non-hydrogen) atoms. The number of hydrogen-bond acceptors (Lipinski definition) is 4. The van der Waals surface area contributed by atoms with Crippen LogP contribution in [0.5, 0.6) is 5.75 Å². The molecule has 2 heterocycles. The normalized spacial score (nSPS) is 16.0. The fraction of sp³-hybridized carbons (Fsp3) is 0.290. The molecule has 1 aliphatic rings. The van der Waals surface area contributed by atoms with Crippen molar-refractivity contribution in [2.24, 2.45) is 0 Å². The van der Waals surface area contributed by atoms with Crippen LogP contribution in [0.15, 0.2) is 66.7 Å². The largest absolute Gasteiger partial charge is 0.492 e. The Kier molecular flexibility index (Phi) is 8.40. The summed E-state index contributed by atoms with van der Waals surface area (Å²) in [6.07, 6.45) is 1.87. The van der Waals surface area contributed by atoms with Crippen LogP contribution in [-0.4, -0.2) is 40.7 Å². The number of carboxylic acid groups (broad SMARTS) is 1. The van der Waals surface area contributed by atoms with E-state index in [2.05, 4.69) is 10.4 Å². The maximum absolute atomic E-state index is 15.7. The number of carbonyl (C=O) groups is 1. The van der Waals surface area contributed by atoms with Crippen LogP contribution in [0.3, 0.4) is 0 Å². The van der Waals surface area contributed by atoms with E-state index in [0.29, 0.717) is 40.6 Å². The Morgan fingerprint density at radius 2 is 1.93 bits per heavy atom. The lowest BCUT2D eigenvalue weighted by molar-refractivity contribution is -0.0375. The van der Waals surface area contributed by atoms with E-state index in [9.17, 15) is 4.79 Å². The van der Waals surface area contributed by atoms with Crippen LogP contribution < -0.4 is 10.1 Å². The summed E-state index contributed by atoms with van der Waals surface area (Å²) in [5.41, 5.74) is 4.12. The van der Waals surface area contributed by atoms with Gasteiger partial charge in [0.25, 0.3) is 0 Å². The first-order chi connectivity index (χ1) is 19.5. The molecule has 0 saturated carbocycles. The third kappa shape index (κ3) is 5.84. The topological polar surface area (TPSA) is 85.6 Å². The number of aromatic nitrogens is 2. The molecule has 1 amide bonds. The predicted octanol–water partition coefficient (Wildman–Crippen LogP) is 7.03. The minimum Gasteiger partial charge on any atom is -0.492 e. The second kappa shape index (κ2) is 12.3. The van der Waals surface area contributed by atoms with Crippen molar-refractivity contribution < 1.29 is 28.2 Å². The lowest BCUT2D eigenvalue weighted by atomic mass is 9.87. The van der Waals surface area contributed by atoms with Gasteiger partial charge in [-0.1, -0.05) is 43.3 Å². The molecular weight excluding hydrogens is 516 g/mol. The molecule has 0 aliphatic carbocycles. The van der Waals surface area contributed by atoms with Crippen molar-refractivity contribution in [3.8, 4) is 5.75 Å². The Balaban J connectivity index is 1.59. The van der Waals surface area contributed by atoms with Crippen LogP contribution in [0, 0.1) is 11.8 Å². The van der Waals surface area contributed by atoms with Crippen LogP contribution in [0.2, 0.25) is 0 Å².